The van der Waals surface area contributed by atoms with E-state index in [4.69, 9.17) is 14.6 Å². The predicted molar refractivity (Wildman–Crippen MR) is 127 cm³/mol. The van der Waals surface area contributed by atoms with Crippen LogP contribution in [0.1, 0.15) is 35.0 Å². The van der Waals surface area contributed by atoms with E-state index in [1.54, 1.807) is 44.2 Å². The summed E-state index contributed by atoms with van der Waals surface area (Å²) in [5, 5.41) is 9.80. The van der Waals surface area contributed by atoms with Crippen molar-refractivity contribution in [1.29, 1.82) is 0 Å². The fourth-order valence-corrected chi connectivity index (χ4v) is 5.50. The van der Waals surface area contributed by atoms with Crippen molar-refractivity contribution in [2.24, 2.45) is 0 Å². The highest BCUT2D eigenvalue weighted by atomic mass is 32.2. The molecule has 0 aliphatic rings. The number of carboxylic acids is 1. The summed E-state index contributed by atoms with van der Waals surface area (Å²) in [6, 6.07) is 9.89. The zero-order chi connectivity index (χ0) is 24.2. The van der Waals surface area contributed by atoms with Crippen LogP contribution in [0.15, 0.2) is 41.3 Å². The number of aryl methyl sites for hydroxylation is 2. The van der Waals surface area contributed by atoms with E-state index in [0.717, 1.165) is 38.5 Å². The lowest BCUT2D eigenvalue weighted by atomic mass is 10.1. The third kappa shape index (κ3) is 6.23. The minimum absolute atomic E-state index is 0.00681. The summed E-state index contributed by atoms with van der Waals surface area (Å²) in [5.74, 6) is -1.87. The first-order valence-corrected chi connectivity index (χ1v) is 12.0. The molecule has 1 aromatic heterocycles. The molecule has 5 nitrogen and oxygen atoms in total. The van der Waals surface area contributed by atoms with Crippen molar-refractivity contribution in [1.82, 2.24) is 4.98 Å². The molecular weight excluding hydrogens is 468 g/mol. The first-order valence-electron chi connectivity index (χ1n) is 10.2. The van der Waals surface area contributed by atoms with Crippen molar-refractivity contribution in [2.75, 3.05) is 14.2 Å². The van der Waals surface area contributed by atoms with Gasteiger partial charge in [-0.25, -0.2) is 13.8 Å². The fraction of sp³-hybridized carbons (Fsp3) is 0.333. The average molecular weight is 494 g/mol. The number of hydrogen-bond acceptors (Lipinski definition) is 6. The summed E-state index contributed by atoms with van der Waals surface area (Å²) in [7, 11) is 3.12. The number of carbonyl (C=O) groups is 1. The third-order valence-electron chi connectivity index (χ3n) is 5.07. The molecule has 0 fully saturated rings. The highest BCUT2D eigenvalue weighted by molar-refractivity contribution is 7.98. The van der Waals surface area contributed by atoms with Crippen LogP contribution < -0.4 is 9.47 Å². The van der Waals surface area contributed by atoms with Gasteiger partial charge in [0.15, 0.2) is 0 Å². The second kappa shape index (κ2) is 10.5. The molecule has 0 saturated heterocycles. The summed E-state index contributed by atoms with van der Waals surface area (Å²) in [5.41, 5.74) is 2.45. The molecular formula is C24H25F2NO4S2. The van der Waals surface area contributed by atoms with Gasteiger partial charge < -0.3 is 14.6 Å². The summed E-state index contributed by atoms with van der Waals surface area (Å²) < 4.78 is 37.9. The number of halogens is 2. The normalized spacial score (nSPS) is 11.5. The Labute approximate surface area is 199 Å². The van der Waals surface area contributed by atoms with Gasteiger partial charge in [0.1, 0.15) is 16.5 Å². The lowest BCUT2D eigenvalue weighted by Gasteiger charge is -2.14. The molecule has 0 spiro atoms. The molecule has 9 heteroatoms. The number of benzene rings is 2. The van der Waals surface area contributed by atoms with Gasteiger partial charge >= 0.3 is 5.97 Å². The molecule has 1 N–H and O–H groups in total. The molecule has 0 radical (unpaired) electrons. The smallest absolute Gasteiger partial charge is 0.303 e. The maximum Gasteiger partial charge on any atom is 0.303 e. The number of ether oxygens (including phenoxy) is 2. The molecule has 0 atom stereocenters. The fourth-order valence-electron chi connectivity index (χ4n) is 3.22. The van der Waals surface area contributed by atoms with Gasteiger partial charge in [-0.2, -0.15) is 0 Å². The largest absolute Gasteiger partial charge is 0.496 e. The van der Waals surface area contributed by atoms with Gasteiger partial charge in [0.25, 0.3) is 5.92 Å². The Balaban J connectivity index is 1.80. The van der Waals surface area contributed by atoms with Crippen molar-refractivity contribution in [3.05, 3.63) is 58.1 Å². The van der Waals surface area contributed by atoms with Gasteiger partial charge in [-0.1, -0.05) is 24.3 Å². The second-order valence-electron chi connectivity index (χ2n) is 7.49. The van der Waals surface area contributed by atoms with E-state index in [2.05, 4.69) is 4.98 Å². The molecule has 0 aliphatic carbocycles. The van der Waals surface area contributed by atoms with Crippen molar-refractivity contribution >= 4 is 29.1 Å². The lowest BCUT2D eigenvalue weighted by molar-refractivity contribution is -0.136. The molecule has 0 aliphatic heterocycles. The Morgan fingerprint density at radius 1 is 1.15 bits per heavy atom. The van der Waals surface area contributed by atoms with Crippen molar-refractivity contribution in [3.8, 4) is 22.1 Å². The topological polar surface area (TPSA) is 68.7 Å². The number of nitrogens with zero attached hydrogens (tertiary/aromatic N) is 1. The molecule has 3 rings (SSSR count). The monoisotopic (exact) mass is 493 g/mol. The van der Waals surface area contributed by atoms with Gasteiger partial charge in [0, 0.05) is 41.2 Å². The standard InChI is InChI=1S/C24H25F2NO4S2/c1-14-21(33-23(27-14)15-5-8-17(9-6-15)24(2,25)26)13-32-20-11-16(7-10-22(28)29)18(30-3)12-19(20)31-4/h5-6,8-9,11-12H,7,10,13H2,1-4H3,(H,28,29). The first-order chi connectivity index (χ1) is 15.6. The maximum absolute atomic E-state index is 13.5. The quantitative estimate of drug-likeness (QED) is 0.323. The number of rotatable bonds is 10. The highest BCUT2D eigenvalue weighted by Crippen LogP contribution is 2.40. The van der Waals surface area contributed by atoms with Gasteiger partial charge in [-0.3, -0.25) is 4.79 Å². The van der Waals surface area contributed by atoms with Gasteiger partial charge in [-0.05, 0) is 25.0 Å². The van der Waals surface area contributed by atoms with Crippen LogP contribution in [0.3, 0.4) is 0 Å². The van der Waals surface area contributed by atoms with E-state index in [-0.39, 0.29) is 12.0 Å². The van der Waals surface area contributed by atoms with E-state index in [1.165, 1.54) is 23.5 Å². The predicted octanol–water partition coefficient (Wildman–Crippen LogP) is 6.56. The van der Waals surface area contributed by atoms with E-state index in [0.29, 0.717) is 23.7 Å². The zero-order valence-electron chi connectivity index (χ0n) is 18.8. The van der Waals surface area contributed by atoms with Crippen LogP contribution in [0.5, 0.6) is 11.5 Å². The van der Waals surface area contributed by atoms with E-state index in [1.807, 2.05) is 13.0 Å². The number of alkyl halides is 2. The van der Waals surface area contributed by atoms with E-state index in [9.17, 15) is 13.6 Å². The van der Waals surface area contributed by atoms with Gasteiger partial charge in [-0.15, -0.1) is 23.1 Å². The van der Waals surface area contributed by atoms with Crippen LogP contribution >= 0.6 is 23.1 Å². The molecule has 0 bridgehead atoms. The summed E-state index contributed by atoms with van der Waals surface area (Å²) >= 11 is 3.09. The SMILES string of the molecule is COc1cc(OC)c(SCc2sc(-c3ccc(C(C)(F)F)cc3)nc2C)cc1CCC(=O)O. The lowest BCUT2D eigenvalue weighted by Crippen LogP contribution is -2.06. The molecule has 0 unspecified atom stereocenters. The zero-order valence-corrected chi connectivity index (χ0v) is 20.4. The minimum atomic E-state index is -2.88. The Kier molecular flexibility index (Phi) is 7.97. The van der Waals surface area contributed by atoms with Crippen LogP contribution in [-0.2, 0) is 22.9 Å². The molecule has 2 aromatic carbocycles. The van der Waals surface area contributed by atoms with E-state index >= 15 is 0 Å². The summed E-state index contributed by atoms with van der Waals surface area (Å²) in [4.78, 5) is 17.6. The molecule has 3 aromatic rings. The first kappa shape index (κ1) is 25.0. The Morgan fingerprint density at radius 2 is 1.82 bits per heavy atom. The van der Waals surface area contributed by atoms with Crippen LogP contribution in [0, 0.1) is 6.92 Å². The second-order valence-corrected chi connectivity index (χ2v) is 9.59. The van der Waals surface area contributed by atoms with Gasteiger partial charge in [0.2, 0.25) is 0 Å². The molecule has 176 valence electrons. The number of methoxy groups -OCH3 is 2. The van der Waals surface area contributed by atoms with Crippen LogP contribution in [0.2, 0.25) is 0 Å². The van der Waals surface area contributed by atoms with E-state index < -0.39 is 11.9 Å². The summed E-state index contributed by atoms with van der Waals surface area (Å²) in [6.07, 6.45) is 0.361. The average Bonchev–Trinajstić information content (AvgIpc) is 3.15. The van der Waals surface area contributed by atoms with Crippen molar-refractivity contribution in [3.63, 3.8) is 0 Å². The van der Waals surface area contributed by atoms with Crippen LogP contribution in [0.25, 0.3) is 10.6 Å². The number of thioether (sulfide) groups is 1. The van der Waals surface area contributed by atoms with Gasteiger partial charge in [0.05, 0.1) is 24.8 Å². The molecule has 33 heavy (non-hydrogen) atoms. The number of carboxylic acid groups (broad SMARTS) is 1. The number of hydrogen-bond donors (Lipinski definition) is 1. The highest BCUT2D eigenvalue weighted by Gasteiger charge is 2.24. The third-order valence-corrected chi connectivity index (χ3v) is 7.52. The Bertz CT molecular complexity index is 1120. The Hall–Kier alpha value is -2.65. The minimum Gasteiger partial charge on any atom is -0.496 e. The van der Waals surface area contributed by atoms with Crippen molar-refractivity contribution < 1.29 is 28.2 Å². The number of aromatic nitrogens is 1. The number of aliphatic carboxylic acids is 1. The molecule has 0 saturated carbocycles. The van der Waals surface area contributed by atoms with Crippen LogP contribution in [0.4, 0.5) is 8.78 Å². The maximum atomic E-state index is 13.5. The van der Waals surface area contributed by atoms with Crippen molar-refractivity contribution in [2.45, 2.75) is 43.3 Å². The Morgan fingerprint density at radius 3 is 2.39 bits per heavy atom. The number of thiazole rings is 1. The summed E-state index contributed by atoms with van der Waals surface area (Å²) in [6.45, 7) is 2.80. The molecule has 1 heterocycles. The van der Waals surface area contributed by atoms with Crippen LogP contribution in [-0.4, -0.2) is 30.3 Å². The molecule has 0 amide bonds.